The molecule has 2 amide bonds. The number of imide groups is 1. The van der Waals surface area contributed by atoms with Crippen molar-refractivity contribution >= 4 is 55.7 Å². The van der Waals surface area contributed by atoms with Crippen LogP contribution in [0.3, 0.4) is 0 Å². The molecule has 5 nitrogen and oxygen atoms in total. The zero-order valence-corrected chi connectivity index (χ0v) is 19.0. The average molecular weight is 467 g/mol. The number of aromatic nitrogens is 1. The lowest BCUT2D eigenvalue weighted by atomic mass is 10.2. The Bertz CT molecular complexity index is 1280. The molecule has 1 N–H and O–H groups in total. The van der Waals surface area contributed by atoms with Crippen LogP contribution in [0.15, 0.2) is 54.6 Å². The molecule has 0 bridgehead atoms. The van der Waals surface area contributed by atoms with Gasteiger partial charge in [-0.15, -0.1) is 22.7 Å². The number of thiazole rings is 1. The Balaban J connectivity index is 1.28. The number of hydrogen-bond donors (Lipinski definition) is 1. The summed E-state index contributed by atoms with van der Waals surface area (Å²) in [5.74, 6) is 0.586. The second-order valence-electron chi connectivity index (χ2n) is 7.18. The number of benzene rings is 2. The van der Waals surface area contributed by atoms with E-state index in [0.717, 1.165) is 43.2 Å². The highest BCUT2D eigenvalue weighted by Crippen LogP contribution is 2.34. The van der Waals surface area contributed by atoms with E-state index in [2.05, 4.69) is 28.5 Å². The van der Waals surface area contributed by atoms with Crippen molar-refractivity contribution in [3.8, 4) is 16.2 Å². The van der Waals surface area contributed by atoms with Gasteiger partial charge < -0.3 is 4.74 Å². The van der Waals surface area contributed by atoms with Crippen molar-refractivity contribution in [3.63, 3.8) is 0 Å². The van der Waals surface area contributed by atoms with Crippen LogP contribution in [0.4, 0.5) is 4.79 Å². The normalized spacial score (nSPS) is 16.1. The predicted molar refractivity (Wildman–Crippen MR) is 127 cm³/mol. The van der Waals surface area contributed by atoms with Crippen molar-refractivity contribution in [1.29, 1.82) is 0 Å². The fourth-order valence-corrected chi connectivity index (χ4v) is 6.56. The summed E-state index contributed by atoms with van der Waals surface area (Å²) < 4.78 is 7.12. The van der Waals surface area contributed by atoms with E-state index in [4.69, 9.17) is 4.74 Å². The van der Waals surface area contributed by atoms with Gasteiger partial charge in [-0.25, -0.2) is 4.98 Å². The fraction of sp³-hybridized carbons (Fsp3) is 0.174. The monoisotopic (exact) mass is 466 g/mol. The van der Waals surface area contributed by atoms with E-state index in [1.165, 1.54) is 10.4 Å². The Morgan fingerprint density at radius 1 is 1.06 bits per heavy atom. The largest absolute Gasteiger partial charge is 0.486 e. The molecular formula is C23H18N2O3S3. The third kappa shape index (κ3) is 4.37. The molecule has 1 aliphatic rings. The van der Waals surface area contributed by atoms with E-state index >= 15 is 0 Å². The van der Waals surface area contributed by atoms with Crippen LogP contribution in [-0.2, 0) is 17.8 Å². The van der Waals surface area contributed by atoms with Gasteiger partial charge in [0.15, 0.2) is 0 Å². The number of carbonyl (C=O) groups is 2. The first kappa shape index (κ1) is 20.2. The number of thiophene rings is 1. The molecule has 4 aromatic rings. The highest BCUT2D eigenvalue weighted by Gasteiger charge is 2.31. The Morgan fingerprint density at radius 2 is 1.90 bits per heavy atom. The van der Waals surface area contributed by atoms with Crippen LogP contribution in [0, 0.1) is 6.92 Å². The highest BCUT2D eigenvalue weighted by atomic mass is 32.2. The summed E-state index contributed by atoms with van der Waals surface area (Å²) in [5.41, 5.74) is 2.19. The number of ether oxygens (including phenoxy) is 1. The molecule has 0 spiro atoms. The van der Waals surface area contributed by atoms with Gasteiger partial charge >= 0.3 is 0 Å². The number of hydrogen-bond acceptors (Lipinski definition) is 7. The minimum atomic E-state index is -0.344. The molecule has 1 aliphatic heterocycles. The van der Waals surface area contributed by atoms with Crippen LogP contribution in [-0.4, -0.2) is 21.4 Å². The minimum Gasteiger partial charge on any atom is -0.486 e. The van der Waals surface area contributed by atoms with Crippen molar-refractivity contribution in [2.24, 2.45) is 0 Å². The van der Waals surface area contributed by atoms with Crippen LogP contribution in [0.1, 0.15) is 15.6 Å². The van der Waals surface area contributed by atoms with Crippen LogP contribution in [0.5, 0.6) is 5.75 Å². The summed E-state index contributed by atoms with van der Waals surface area (Å²) in [6, 6.07) is 18.4. The van der Waals surface area contributed by atoms with Crippen LogP contribution < -0.4 is 10.1 Å². The lowest BCUT2D eigenvalue weighted by molar-refractivity contribution is -0.118. The number of amides is 2. The zero-order chi connectivity index (χ0) is 21.4. The van der Waals surface area contributed by atoms with Crippen LogP contribution >= 0.6 is 34.4 Å². The van der Waals surface area contributed by atoms with Gasteiger partial charge in [0.25, 0.3) is 5.24 Å². The Kier molecular flexibility index (Phi) is 5.52. The van der Waals surface area contributed by atoms with Gasteiger partial charge in [0, 0.05) is 16.0 Å². The Hall–Kier alpha value is -2.68. The van der Waals surface area contributed by atoms with E-state index in [-0.39, 0.29) is 16.4 Å². The van der Waals surface area contributed by atoms with Crippen LogP contribution in [0.2, 0.25) is 0 Å². The topological polar surface area (TPSA) is 68.3 Å². The van der Waals surface area contributed by atoms with E-state index in [1.54, 1.807) is 22.7 Å². The molecule has 1 fully saturated rings. The first-order valence-electron chi connectivity index (χ1n) is 9.73. The van der Waals surface area contributed by atoms with Crippen molar-refractivity contribution < 1.29 is 14.3 Å². The van der Waals surface area contributed by atoms with E-state index in [1.807, 2.05) is 43.3 Å². The number of nitrogens with zero attached hydrogens (tertiary/aromatic N) is 1. The quantitative estimate of drug-likeness (QED) is 0.389. The highest BCUT2D eigenvalue weighted by molar-refractivity contribution is 8.15. The van der Waals surface area contributed by atoms with Gasteiger partial charge in [-0.3, -0.25) is 14.9 Å². The van der Waals surface area contributed by atoms with E-state index in [9.17, 15) is 9.59 Å². The summed E-state index contributed by atoms with van der Waals surface area (Å²) in [5, 5.41) is 3.79. The van der Waals surface area contributed by atoms with Gasteiger partial charge in [0.05, 0.1) is 15.8 Å². The van der Waals surface area contributed by atoms with Crippen LogP contribution in [0.25, 0.3) is 20.5 Å². The molecule has 31 heavy (non-hydrogen) atoms. The maximum absolute atomic E-state index is 11.8. The van der Waals surface area contributed by atoms with Crippen molar-refractivity contribution in [2.45, 2.75) is 25.2 Å². The molecule has 5 rings (SSSR count). The van der Waals surface area contributed by atoms with E-state index < -0.39 is 0 Å². The maximum atomic E-state index is 11.8. The molecule has 8 heteroatoms. The second-order valence-corrected chi connectivity index (χ2v) is 10.6. The van der Waals surface area contributed by atoms with Gasteiger partial charge in [0.1, 0.15) is 17.4 Å². The summed E-state index contributed by atoms with van der Waals surface area (Å²) in [6.45, 7) is 2.45. The van der Waals surface area contributed by atoms with Gasteiger partial charge in [0.2, 0.25) is 5.91 Å². The number of thioether (sulfide) groups is 1. The summed E-state index contributed by atoms with van der Waals surface area (Å²) in [6.07, 6.45) is 0.554. The zero-order valence-electron chi connectivity index (χ0n) is 16.6. The number of nitrogens with one attached hydrogen (secondary N) is 1. The first-order chi connectivity index (χ1) is 15.0. The number of aryl methyl sites for hydroxylation is 1. The number of rotatable bonds is 6. The number of carbonyl (C=O) groups excluding carboxylic acids is 2. The molecule has 2 aromatic carbocycles. The Morgan fingerprint density at radius 3 is 2.68 bits per heavy atom. The number of fused-ring (bicyclic) bond motifs is 1. The molecule has 1 unspecified atom stereocenters. The third-order valence-electron chi connectivity index (χ3n) is 4.94. The predicted octanol–water partition coefficient (Wildman–Crippen LogP) is 5.81. The van der Waals surface area contributed by atoms with Gasteiger partial charge in [-0.1, -0.05) is 42.1 Å². The first-order valence-corrected chi connectivity index (χ1v) is 12.2. The molecule has 156 valence electrons. The minimum absolute atomic E-state index is 0.204. The average Bonchev–Trinajstić information content (AvgIpc) is 3.43. The summed E-state index contributed by atoms with van der Waals surface area (Å²) in [4.78, 5) is 30.1. The fourth-order valence-electron chi connectivity index (χ4n) is 3.48. The van der Waals surface area contributed by atoms with Gasteiger partial charge in [-0.2, -0.15) is 0 Å². The standard InChI is InChI=1S/C23H18N2O3S3/c1-13-21(14-5-3-2-4-6-14)31-20(24-13)12-28-16-8-7-15-9-17(29-18(15)10-16)11-19-22(26)25-23(27)30-19/h2-10,19H,11-12H2,1H3,(H,25,26,27). The summed E-state index contributed by atoms with van der Waals surface area (Å²) >= 11 is 4.35. The molecule has 1 atom stereocenters. The lowest BCUT2D eigenvalue weighted by Crippen LogP contribution is -2.25. The molecule has 1 saturated heterocycles. The van der Waals surface area contributed by atoms with Crippen molar-refractivity contribution in [3.05, 3.63) is 70.2 Å². The molecule has 0 aliphatic carbocycles. The van der Waals surface area contributed by atoms with E-state index in [0.29, 0.717) is 13.0 Å². The molecule has 0 radical (unpaired) electrons. The SMILES string of the molecule is Cc1nc(COc2ccc3cc(CC4SC(=O)NC4=O)sc3c2)sc1-c1ccccc1. The Labute approximate surface area is 191 Å². The molecular weight excluding hydrogens is 448 g/mol. The van der Waals surface area contributed by atoms with Crippen molar-refractivity contribution in [1.82, 2.24) is 10.3 Å². The molecule has 0 saturated carbocycles. The molecule has 2 aromatic heterocycles. The lowest BCUT2D eigenvalue weighted by Gasteiger charge is -2.03. The van der Waals surface area contributed by atoms with Gasteiger partial charge in [-0.05, 0) is 42.1 Å². The molecule has 3 heterocycles. The van der Waals surface area contributed by atoms with Crippen molar-refractivity contribution in [2.75, 3.05) is 0 Å². The second kappa shape index (κ2) is 8.45. The summed E-state index contributed by atoms with van der Waals surface area (Å²) in [7, 11) is 0. The third-order valence-corrected chi connectivity index (χ3v) is 8.22. The smallest absolute Gasteiger partial charge is 0.286 e. The maximum Gasteiger partial charge on any atom is 0.286 e.